The summed E-state index contributed by atoms with van der Waals surface area (Å²) in [6, 6.07) is 4.97. The Labute approximate surface area is 172 Å². The predicted octanol–water partition coefficient (Wildman–Crippen LogP) is 0.918. The van der Waals surface area contributed by atoms with Crippen molar-refractivity contribution in [1.82, 2.24) is 9.97 Å². The van der Waals surface area contributed by atoms with Gasteiger partial charge in [0.05, 0.1) is 25.3 Å². The number of hydrogen-bond donors (Lipinski definition) is 2. The van der Waals surface area contributed by atoms with Gasteiger partial charge in [0.2, 0.25) is 5.88 Å². The maximum absolute atomic E-state index is 12.9. The van der Waals surface area contributed by atoms with Gasteiger partial charge in [-0.25, -0.2) is 18.4 Å². The Hall–Kier alpha value is -2.58. The quantitative estimate of drug-likeness (QED) is 0.373. The zero-order valence-electron chi connectivity index (χ0n) is 16.6. The van der Waals surface area contributed by atoms with Gasteiger partial charge in [0.1, 0.15) is 16.3 Å². The average Bonchev–Trinajstić information content (AvgIpc) is 2.69. The zero-order valence-corrected chi connectivity index (χ0v) is 18.6. The molecule has 3 N–H and O–H groups in total. The third kappa shape index (κ3) is 5.07. The number of carbonyl (C=O) groups excluding carboxylic acids is 1. The first-order valence-corrected chi connectivity index (χ1v) is 10.8. The van der Waals surface area contributed by atoms with Crippen LogP contribution in [0.5, 0.6) is 5.88 Å². The lowest BCUT2D eigenvalue weighted by molar-refractivity contribution is 0.102. The largest absolute Gasteiger partial charge is 0.480 e. The van der Waals surface area contributed by atoms with Gasteiger partial charge in [0, 0.05) is 12.7 Å². The summed E-state index contributed by atoms with van der Waals surface area (Å²) >= 11 is 0. The molecule has 0 saturated heterocycles. The van der Waals surface area contributed by atoms with Gasteiger partial charge in [-0.1, -0.05) is 6.07 Å². The lowest BCUT2D eigenvalue weighted by Gasteiger charge is -2.24. The van der Waals surface area contributed by atoms with Crippen molar-refractivity contribution in [3.8, 4) is 5.88 Å². The highest BCUT2D eigenvalue weighted by atomic mass is 32.2. The van der Waals surface area contributed by atoms with E-state index >= 15 is 0 Å². The molecule has 1 heterocycles. The van der Waals surface area contributed by atoms with Crippen LogP contribution in [0, 0.1) is 0 Å². The number of rotatable bonds is 7. The van der Waals surface area contributed by atoms with E-state index in [-0.39, 0.29) is 17.3 Å². The van der Waals surface area contributed by atoms with Crippen molar-refractivity contribution < 1.29 is 17.9 Å². The van der Waals surface area contributed by atoms with Crippen LogP contribution >= 0.6 is 9.24 Å². The van der Waals surface area contributed by atoms with E-state index in [1.807, 2.05) is 0 Å². The normalized spacial score (nSPS) is 12.5. The number of ether oxygens (including phenoxy) is 1. The van der Waals surface area contributed by atoms with Gasteiger partial charge in [-0.15, -0.1) is 9.24 Å². The third-order valence-corrected chi connectivity index (χ3v) is 7.47. The van der Waals surface area contributed by atoms with Crippen LogP contribution in [-0.4, -0.2) is 49.0 Å². The topological polar surface area (TPSA) is 137 Å². The van der Waals surface area contributed by atoms with E-state index < -0.39 is 20.5 Å². The number of sulfone groups is 1. The number of nitrogens with two attached hydrogens (primary N) is 1. The van der Waals surface area contributed by atoms with E-state index in [0.717, 1.165) is 0 Å². The number of methoxy groups -OCH3 is 1. The summed E-state index contributed by atoms with van der Waals surface area (Å²) in [5, 5.41) is 3.38. The molecule has 0 aliphatic rings. The summed E-state index contributed by atoms with van der Waals surface area (Å²) in [6.07, 6.45) is 2.62. The first kappa shape index (κ1) is 22.7. The Bertz CT molecular complexity index is 1040. The molecule has 1 atom stereocenters. The fourth-order valence-electron chi connectivity index (χ4n) is 2.36. The second-order valence-corrected chi connectivity index (χ2v) is 9.85. The van der Waals surface area contributed by atoms with E-state index in [0.29, 0.717) is 22.4 Å². The smallest absolute Gasteiger partial charge is 0.275 e. The minimum atomic E-state index is -3.67. The highest BCUT2D eigenvalue weighted by Gasteiger charge is 2.38. The van der Waals surface area contributed by atoms with Crippen LogP contribution in [0.15, 0.2) is 35.6 Å². The van der Waals surface area contributed by atoms with Crippen molar-refractivity contribution >= 4 is 41.8 Å². The summed E-state index contributed by atoms with van der Waals surface area (Å²) < 4.78 is 29.4. The van der Waals surface area contributed by atoms with Crippen LogP contribution in [0.3, 0.4) is 0 Å². The molecule has 29 heavy (non-hydrogen) atoms. The first-order chi connectivity index (χ1) is 13.5. The second-order valence-electron chi connectivity index (χ2n) is 6.69. The monoisotopic (exact) mass is 437 g/mol. The Morgan fingerprint density at radius 1 is 1.31 bits per heavy atom. The fraction of sp³-hybridized carbons (Fsp3) is 0.333. The van der Waals surface area contributed by atoms with E-state index in [9.17, 15) is 13.2 Å². The molecule has 0 aliphatic heterocycles. The van der Waals surface area contributed by atoms with Crippen molar-refractivity contribution in [2.75, 3.05) is 19.5 Å². The van der Waals surface area contributed by atoms with Crippen LogP contribution in [0.4, 0.5) is 5.69 Å². The highest BCUT2D eigenvalue weighted by Crippen LogP contribution is 2.23. The SMILES string of the molecule is CN=C(N)C(C)(C)S(=O)(=O)Cc1cc(NC(=O)c2cnc(OC)cn2)ccc1P. The molecular formula is C18H24N5O4PS. The van der Waals surface area contributed by atoms with Crippen LogP contribution in [0.2, 0.25) is 0 Å². The Balaban J connectivity index is 2.26. The molecule has 0 aliphatic carbocycles. The van der Waals surface area contributed by atoms with E-state index in [2.05, 4.69) is 29.5 Å². The van der Waals surface area contributed by atoms with Crippen LogP contribution < -0.4 is 21.1 Å². The molecule has 0 bridgehead atoms. The van der Waals surface area contributed by atoms with Gasteiger partial charge in [-0.2, -0.15) is 0 Å². The van der Waals surface area contributed by atoms with Crippen molar-refractivity contribution in [3.05, 3.63) is 41.9 Å². The molecule has 9 nitrogen and oxygen atoms in total. The molecule has 156 valence electrons. The molecule has 1 amide bonds. The molecule has 0 saturated carbocycles. The average molecular weight is 437 g/mol. The Morgan fingerprint density at radius 3 is 2.55 bits per heavy atom. The minimum Gasteiger partial charge on any atom is -0.480 e. The molecule has 0 radical (unpaired) electrons. The standard InChI is InChI=1S/C18H24N5O4PS/c1-18(2,17(19)20-3)29(25,26)10-11-7-12(5-6-14(11)28)23-16(24)13-8-22-15(27-4)9-21-13/h5-9H,10,28H2,1-4H3,(H2,19,20)(H,23,24). The molecule has 1 unspecified atom stereocenters. The Morgan fingerprint density at radius 2 is 2.00 bits per heavy atom. The van der Waals surface area contributed by atoms with Gasteiger partial charge >= 0.3 is 0 Å². The zero-order chi connectivity index (χ0) is 21.8. The van der Waals surface area contributed by atoms with Crippen molar-refractivity contribution in [2.45, 2.75) is 24.3 Å². The molecule has 1 aromatic heterocycles. The third-order valence-electron chi connectivity index (χ3n) is 4.45. The summed E-state index contributed by atoms with van der Waals surface area (Å²) in [4.78, 5) is 24.1. The van der Waals surface area contributed by atoms with Gasteiger partial charge < -0.3 is 15.8 Å². The van der Waals surface area contributed by atoms with Crippen molar-refractivity contribution in [2.24, 2.45) is 10.7 Å². The lowest BCUT2D eigenvalue weighted by atomic mass is 10.2. The van der Waals surface area contributed by atoms with Gasteiger partial charge in [-0.05, 0) is 36.8 Å². The molecule has 11 heteroatoms. The highest BCUT2D eigenvalue weighted by molar-refractivity contribution is 7.92. The van der Waals surface area contributed by atoms with Crippen LogP contribution in [-0.2, 0) is 15.6 Å². The lowest BCUT2D eigenvalue weighted by Crippen LogP contribution is -2.46. The summed E-state index contributed by atoms with van der Waals surface area (Å²) in [6.45, 7) is 3.03. The number of amides is 1. The predicted molar refractivity (Wildman–Crippen MR) is 117 cm³/mol. The first-order valence-electron chi connectivity index (χ1n) is 8.52. The summed E-state index contributed by atoms with van der Waals surface area (Å²) in [5.41, 5.74) is 6.84. The van der Waals surface area contributed by atoms with Crippen LogP contribution in [0.1, 0.15) is 29.9 Å². The fourth-order valence-corrected chi connectivity index (χ4v) is 4.22. The van der Waals surface area contributed by atoms with E-state index in [4.69, 9.17) is 10.5 Å². The van der Waals surface area contributed by atoms with E-state index in [1.54, 1.807) is 18.2 Å². The maximum atomic E-state index is 12.9. The number of amidine groups is 1. The van der Waals surface area contributed by atoms with Crippen molar-refractivity contribution in [1.29, 1.82) is 0 Å². The molecule has 0 fully saturated rings. The molecule has 2 rings (SSSR count). The Kier molecular flexibility index (Phi) is 6.92. The van der Waals surface area contributed by atoms with Gasteiger partial charge in [0.15, 0.2) is 9.84 Å². The second kappa shape index (κ2) is 8.84. The number of benzene rings is 1. The van der Waals surface area contributed by atoms with Crippen LogP contribution in [0.25, 0.3) is 0 Å². The number of anilines is 1. The number of aromatic nitrogens is 2. The maximum Gasteiger partial charge on any atom is 0.275 e. The summed E-state index contributed by atoms with van der Waals surface area (Å²) in [7, 11) is 1.72. The van der Waals surface area contributed by atoms with Gasteiger partial charge in [0.25, 0.3) is 5.91 Å². The van der Waals surface area contributed by atoms with E-state index in [1.165, 1.54) is 40.4 Å². The number of hydrogen-bond acceptors (Lipinski definition) is 7. The van der Waals surface area contributed by atoms with Gasteiger partial charge in [-0.3, -0.25) is 9.79 Å². The molecule has 2 aromatic rings. The van der Waals surface area contributed by atoms with Crippen molar-refractivity contribution in [3.63, 3.8) is 0 Å². The molecule has 1 aromatic carbocycles. The number of nitrogens with one attached hydrogen (secondary N) is 1. The summed E-state index contributed by atoms with van der Waals surface area (Å²) in [5.74, 6) is -0.418. The molecular weight excluding hydrogens is 413 g/mol. The number of carbonyl (C=O) groups is 1. The molecule has 0 spiro atoms. The number of aliphatic imine (C=N–C) groups is 1. The minimum absolute atomic E-state index is 0.0327. The number of nitrogens with zero attached hydrogens (tertiary/aromatic N) is 3.